The second-order valence-electron chi connectivity index (χ2n) is 9.23. The smallest absolute Gasteiger partial charge is 0.178 e. The third-order valence-corrected chi connectivity index (χ3v) is 9.84. The Morgan fingerprint density at radius 1 is 1.22 bits per heavy atom. The van der Waals surface area contributed by atoms with E-state index in [0.29, 0.717) is 18.9 Å². The van der Waals surface area contributed by atoms with Crippen molar-refractivity contribution >= 4 is 37.2 Å². The Morgan fingerprint density at radius 3 is 2.78 bits per heavy atom. The van der Waals surface area contributed by atoms with E-state index in [1.54, 1.807) is 11.3 Å². The van der Waals surface area contributed by atoms with Crippen molar-refractivity contribution in [2.75, 3.05) is 31.1 Å². The lowest BCUT2D eigenvalue weighted by Gasteiger charge is -2.31. The molecular weight excluding hydrogens is 442 g/mol. The van der Waals surface area contributed by atoms with Crippen LogP contribution in [0.25, 0.3) is 10.2 Å². The van der Waals surface area contributed by atoms with E-state index in [1.807, 2.05) is 32.0 Å². The van der Waals surface area contributed by atoms with Gasteiger partial charge < -0.3 is 4.57 Å². The molecule has 1 aromatic carbocycles. The summed E-state index contributed by atoms with van der Waals surface area (Å²) in [5.74, 6) is 0.895. The zero-order valence-corrected chi connectivity index (χ0v) is 20.2. The maximum Gasteiger partial charge on any atom is 0.178 e. The van der Waals surface area contributed by atoms with Gasteiger partial charge in [0.2, 0.25) is 0 Å². The number of para-hydroxylation sites is 1. The Morgan fingerprint density at radius 2 is 2.03 bits per heavy atom. The lowest BCUT2D eigenvalue weighted by molar-refractivity contribution is 0.0906. The minimum Gasteiger partial charge on any atom is -0.344 e. The molecule has 170 valence electrons. The molecular formula is C24H29N3O3S2. The van der Waals surface area contributed by atoms with Gasteiger partial charge in [-0.1, -0.05) is 12.1 Å². The monoisotopic (exact) mass is 471 g/mol. The zero-order valence-electron chi connectivity index (χ0n) is 18.6. The fourth-order valence-corrected chi connectivity index (χ4v) is 8.15. The number of sulfone groups is 1. The molecule has 3 aromatic rings. The summed E-state index contributed by atoms with van der Waals surface area (Å²) >= 11 is 1.77. The van der Waals surface area contributed by atoms with Gasteiger partial charge in [-0.05, 0) is 57.9 Å². The molecule has 2 aliphatic heterocycles. The molecule has 0 radical (unpaired) electrons. The molecule has 8 heteroatoms. The third kappa shape index (κ3) is 4.16. The molecule has 2 atom stereocenters. The number of Topliss-reactive ketones (excluding diaryl/α,β-unsaturated/α-hetero) is 1. The van der Waals surface area contributed by atoms with Gasteiger partial charge in [-0.15, -0.1) is 11.3 Å². The second-order valence-corrected chi connectivity index (χ2v) is 12.5. The van der Waals surface area contributed by atoms with Gasteiger partial charge in [-0.3, -0.25) is 9.69 Å². The van der Waals surface area contributed by atoms with Crippen LogP contribution in [0.2, 0.25) is 0 Å². The van der Waals surface area contributed by atoms with Gasteiger partial charge in [0, 0.05) is 35.5 Å². The van der Waals surface area contributed by atoms with Crippen LogP contribution in [0.1, 0.15) is 58.0 Å². The van der Waals surface area contributed by atoms with Crippen molar-refractivity contribution in [3.8, 4) is 0 Å². The van der Waals surface area contributed by atoms with Gasteiger partial charge in [0.1, 0.15) is 0 Å². The van der Waals surface area contributed by atoms with Gasteiger partial charge >= 0.3 is 0 Å². The summed E-state index contributed by atoms with van der Waals surface area (Å²) in [6.45, 7) is 6.09. The number of ketones is 1. The van der Waals surface area contributed by atoms with E-state index in [9.17, 15) is 13.2 Å². The number of benzene rings is 1. The van der Waals surface area contributed by atoms with Gasteiger partial charge in [-0.25, -0.2) is 13.4 Å². The number of piperidine rings is 1. The molecule has 2 aromatic heterocycles. The first-order valence-corrected chi connectivity index (χ1v) is 13.9. The number of fused-ring (bicyclic) bond motifs is 1. The Hall–Kier alpha value is -2.03. The quantitative estimate of drug-likeness (QED) is 0.523. The number of nitrogens with zero attached hydrogens (tertiary/aromatic N) is 3. The number of aryl methyl sites for hydroxylation is 1. The Balaban J connectivity index is 1.30. The Kier molecular flexibility index (Phi) is 5.72. The van der Waals surface area contributed by atoms with Gasteiger partial charge in [0.25, 0.3) is 0 Å². The number of carbonyl (C=O) groups excluding carboxylic acids is 1. The standard InChI is InChI=1S/C24H29N3O3S2/c1-16-12-20(17(2)27(16)19-9-11-32(29,30)15-19)22(28)14-26-10-5-6-18(13-26)24-25-21-7-3-4-8-23(21)31-24/h3-4,7-8,12,18-19H,5-6,9-11,13-15H2,1-2H3. The molecule has 0 saturated carbocycles. The van der Waals surface area contributed by atoms with Crippen molar-refractivity contribution in [1.29, 1.82) is 0 Å². The zero-order chi connectivity index (χ0) is 22.5. The maximum atomic E-state index is 13.2. The second kappa shape index (κ2) is 8.39. The Bertz CT molecular complexity index is 1240. The Labute approximate surface area is 193 Å². The minimum absolute atomic E-state index is 0.0556. The van der Waals surface area contributed by atoms with Crippen molar-refractivity contribution in [2.45, 2.75) is 45.1 Å². The van der Waals surface area contributed by atoms with Crippen LogP contribution in [0, 0.1) is 13.8 Å². The number of aromatic nitrogens is 2. The fourth-order valence-electron chi connectivity index (χ4n) is 5.35. The number of hydrogen-bond acceptors (Lipinski definition) is 6. The number of thiazole rings is 1. The van der Waals surface area contributed by atoms with Gasteiger partial charge in [0.05, 0.1) is 33.3 Å². The number of carbonyl (C=O) groups is 1. The molecule has 2 unspecified atom stereocenters. The highest BCUT2D eigenvalue weighted by atomic mass is 32.2. The highest BCUT2D eigenvalue weighted by molar-refractivity contribution is 7.91. The first-order valence-electron chi connectivity index (χ1n) is 11.3. The van der Waals surface area contributed by atoms with E-state index in [4.69, 9.17) is 4.98 Å². The topological polar surface area (TPSA) is 72.3 Å². The van der Waals surface area contributed by atoms with Crippen molar-refractivity contribution in [2.24, 2.45) is 0 Å². The maximum absolute atomic E-state index is 13.2. The molecule has 2 aliphatic rings. The number of hydrogen-bond donors (Lipinski definition) is 0. The molecule has 0 bridgehead atoms. The van der Waals surface area contributed by atoms with Gasteiger partial charge in [0.15, 0.2) is 15.6 Å². The summed E-state index contributed by atoms with van der Waals surface area (Å²) in [6.07, 6.45) is 2.80. The van der Waals surface area contributed by atoms with E-state index in [2.05, 4.69) is 21.6 Å². The molecule has 2 fully saturated rings. The van der Waals surface area contributed by atoms with E-state index < -0.39 is 9.84 Å². The highest BCUT2D eigenvalue weighted by Crippen LogP contribution is 2.33. The number of likely N-dealkylation sites (tertiary alicyclic amines) is 1. The summed E-state index contributed by atoms with van der Waals surface area (Å²) in [6, 6.07) is 10.1. The molecule has 2 saturated heterocycles. The third-order valence-electron chi connectivity index (χ3n) is 6.89. The van der Waals surface area contributed by atoms with Crippen LogP contribution in [0.5, 0.6) is 0 Å². The number of rotatable bonds is 5. The van der Waals surface area contributed by atoms with Crippen LogP contribution in [0.4, 0.5) is 0 Å². The van der Waals surface area contributed by atoms with Crippen LogP contribution in [0.3, 0.4) is 0 Å². The van der Waals surface area contributed by atoms with Crippen LogP contribution in [0.15, 0.2) is 30.3 Å². The molecule has 5 rings (SSSR count). The lowest BCUT2D eigenvalue weighted by Crippen LogP contribution is -2.38. The average Bonchev–Trinajstić information content (AvgIpc) is 3.43. The van der Waals surface area contributed by atoms with Crippen LogP contribution >= 0.6 is 11.3 Å². The molecule has 0 N–H and O–H groups in total. The normalized spacial score (nSPS) is 23.7. The first kappa shape index (κ1) is 21.8. The molecule has 0 aliphatic carbocycles. The average molecular weight is 472 g/mol. The van der Waals surface area contributed by atoms with E-state index in [0.717, 1.165) is 48.4 Å². The summed E-state index contributed by atoms with van der Waals surface area (Å²) in [7, 11) is -2.97. The minimum atomic E-state index is -2.97. The predicted octanol–water partition coefficient (Wildman–Crippen LogP) is 4.14. The van der Waals surface area contributed by atoms with E-state index in [-0.39, 0.29) is 23.3 Å². The predicted molar refractivity (Wildman–Crippen MR) is 129 cm³/mol. The van der Waals surface area contributed by atoms with Crippen molar-refractivity contribution in [1.82, 2.24) is 14.5 Å². The highest BCUT2D eigenvalue weighted by Gasteiger charge is 2.32. The molecule has 32 heavy (non-hydrogen) atoms. The molecule has 0 spiro atoms. The summed E-state index contributed by atoms with van der Waals surface area (Å²) in [5.41, 5.74) is 3.66. The van der Waals surface area contributed by atoms with Crippen LogP contribution in [-0.4, -0.2) is 59.8 Å². The van der Waals surface area contributed by atoms with Crippen molar-refractivity contribution in [3.05, 3.63) is 52.3 Å². The van der Waals surface area contributed by atoms with E-state index >= 15 is 0 Å². The summed E-state index contributed by atoms with van der Waals surface area (Å²) < 4.78 is 27.2. The fraction of sp³-hybridized carbons (Fsp3) is 0.500. The largest absolute Gasteiger partial charge is 0.344 e. The van der Waals surface area contributed by atoms with Crippen molar-refractivity contribution < 1.29 is 13.2 Å². The van der Waals surface area contributed by atoms with Crippen LogP contribution in [-0.2, 0) is 9.84 Å². The van der Waals surface area contributed by atoms with E-state index in [1.165, 1.54) is 9.71 Å². The molecule has 6 nitrogen and oxygen atoms in total. The SMILES string of the molecule is Cc1cc(C(=O)CN2CCCC(c3nc4ccccc4s3)C2)c(C)n1C1CCS(=O)(=O)C1. The first-order chi connectivity index (χ1) is 15.3. The van der Waals surface area contributed by atoms with Crippen LogP contribution < -0.4 is 0 Å². The van der Waals surface area contributed by atoms with Crippen molar-refractivity contribution in [3.63, 3.8) is 0 Å². The molecule has 0 amide bonds. The summed E-state index contributed by atoms with van der Waals surface area (Å²) in [4.78, 5) is 20.3. The summed E-state index contributed by atoms with van der Waals surface area (Å²) in [5, 5.41) is 1.17. The molecule has 4 heterocycles. The van der Waals surface area contributed by atoms with Gasteiger partial charge in [-0.2, -0.15) is 0 Å². The lowest BCUT2D eigenvalue weighted by atomic mass is 9.98.